The van der Waals surface area contributed by atoms with Crippen LogP contribution in [0.25, 0.3) is 0 Å². The molecule has 0 aromatic heterocycles. The maximum Gasteiger partial charge on any atom is -0.00362 e. The van der Waals surface area contributed by atoms with Gasteiger partial charge in [0.15, 0.2) is 0 Å². The molecular formula is C13H22. The standard InChI is InChI=1S/C13H22/c1-6-13-8-11(12(13,4)5)7-9(2)10(13)3/h6,9-11H,1,7-8H2,2-5H3. The molecule has 0 nitrogen and oxygen atoms in total. The molecule has 4 atom stereocenters. The van der Waals surface area contributed by atoms with E-state index in [1.165, 1.54) is 12.8 Å². The molecule has 0 aromatic carbocycles. The first-order valence-corrected chi connectivity index (χ1v) is 5.59. The Hall–Kier alpha value is -0.260. The van der Waals surface area contributed by atoms with Gasteiger partial charge in [-0.3, -0.25) is 0 Å². The summed E-state index contributed by atoms with van der Waals surface area (Å²) >= 11 is 0. The van der Waals surface area contributed by atoms with Crippen LogP contribution in [0, 0.1) is 28.6 Å². The fraction of sp³-hybridized carbons (Fsp3) is 0.846. The summed E-state index contributed by atoms with van der Waals surface area (Å²) in [5.41, 5.74) is 0.968. The van der Waals surface area contributed by atoms with Gasteiger partial charge in [0.2, 0.25) is 0 Å². The summed E-state index contributed by atoms with van der Waals surface area (Å²) in [6, 6.07) is 0. The van der Waals surface area contributed by atoms with Crippen LogP contribution in [0.2, 0.25) is 0 Å². The van der Waals surface area contributed by atoms with Crippen LogP contribution < -0.4 is 0 Å². The Morgan fingerprint density at radius 2 is 1.92 bits per heavy atom. The zero-order chi connectivity index (χ0) is 9.85. The summed E-state index contributed by atoms with van der Waals surface area (Å²) in [5.74, 6) is 2.67. The van der Waals surface area contributed by atoms with Gasteiger partial charge in [-0.15, -0.1) is 6.58 Å². The van der Waals surface area contributed by atoms with Crippen LogP contribution in [-0.2, 0) is 0 Å². The normalized spacial score (nSPS) is 52.5. The van der Waals surface area contributed by atoms with Crippen molar-refractivity contribution < 1.29 is 0 Å². The first kappa shape index (κ1) is 9.30. The van der Waals surface area contributed by atoms with Crippen molar-refractivity contribution in [3.8, 4) is 0 Å². The van der Waals surface area contributed by atoms with Crippen LogP contribution in [0.5, 0.6) is 0 Å². The van der Waals surface area contributed by atoms with Crippen molar-refractivity contribution in [3.05, 3.63) is 12.7 Å². The van der Waals surface area contributed by atoms with E-state index in [1.54, 1.807) is 0 Å². The molecule has 0 heteroatoms. The van der Waals surface area contributed by atoms with Gasteiger partial charge in [0.1, 0.15) is 0 Å². The number of fused-ring (bicyclic) bond motifs is 2. The van der Waals surface area contributed by atoms with Crippen LogP contribution >= 0.6 is 0 Å². The van der Waals surface area contributed by atoms with Gasteiger partial charge in [0.25, 0.3) is 0 Å². The van der Waals surface area contributed by atoms with Crippen molar-refractivity contribution in [2.45, 2.75) is 40.5 Å². The molecule has 13 heavy (non-hydrogen) atoms. The van der Waals surface area contributed by atoms with Crippen molar-refractivity contribution in [2.75, 3.05) is 0 Å². The Balaban J connectivity index is 2.36. The summed E-state index contributed by atoms with van der Waals surface area (Å²) in [6.45, 7) is 13.8. The number of allylic oxidation sites excluding steroid dienone is 1. The zero-order valence-electron chi connectivity index (χ0n) is 9.43. The Labute approximate surface area is 82.4 Å². The highest BCUT2D eigenvalue weighted by Crippen LogP contribution is 2.71. The molecule has 3 rings (SSSR count). The molecule has 4 unspecified atom stereocenters. The van der Waals surface area contributed by atoms with Gasteiger partial charge in [-0.2, -0.15) is 0 Å². The van der Waals surface area contributed by atoms with Crippen LogP contribution in [0.4, 0.5) is 0 Å². The van der Waals surface area contributed by atoms with E-state index in [0.29, 0.717) is 10.8 Å². The van der Waals surface area contributed by atoms with Crippen molar-refractivity contribution in [2.24, 2.45) is 28.6 Å². The lowest BCUT2D eigenvalue weighted by Crippen LogP contribution is -2.62. The van der Waals surface area contributed by atoms with E-state index in [2.05, 4.69) is 40.3 Å². The lowest BCUT2D eigenvalue weighted by atomic mass is 9.35. The third kappa shape index (κ3) is 0.825. The van der Waals surface area contributed by atoms with Gasteiger partial charge in [-0.25, -0.2) is 0 Å². The van der Waals surface area contributed by atoms with E-state index in [9.17, 15) is 0 Å². The first-order valence-electron chi connectivity index (χ1n) is 5.59. The second-order valence-corrected chi connectivity index (χ2v) is 5.87. The highest BCUT2D eigenvalue weighted by atomic mass is 14.7. The largest absolute Gasteiger partial charge is 0.102 e. The Kier molecular flexibility index (Phi) is 1.72. The van der Waals surface area contributed by atoms with Gasteiger partial charge in [0.05, 0.1) is 0 Å². The second kappa shape index (κ2) is 2.40. The molecule has 3 aliphatic carbocycles. The molecule has 3 fully saturated rings. The highest BCUT2D eigenvalue weighted by molar-refractivity contribution is 5.20. The molecule has 0 spiro atoms. The van der Waals surface area contributed by atoms with Crippen molar-refractivity contribution >= 4 is 0 Å². The van der Waals surface area contributed by atoms with E-state index >= 15 is 0 Å². The van der Waals surface area contributed by atoms with Gasteiger partial charge in [0, 0.05) is 0 Å². The van der Waals surface area contributed by atoms with E-state index in [1.807, 2.05) is 0 Å². The molecule has 0 aliphatic heterocycles. The minimum absolute atomic E-state index is 0.454. The number of hydrogen-bond acceptors (Lipinski definition) is 0. The monoisotopic (exact) mass is 178 g/mol. The Morgan fingerprint density at radius 3 is 2.31 bits per heavy atom. The minimum Gasteiger partial charge on any atom is -0.102 e. The van der Waals surface area contributed by atoms with Crippen LogP contribution in [0.1, 0.15) is 40.5 Å². The fourth-order valence-corrected chi connectivity index (χ4v) is 4.02. The fourth-order valence-electron chi connectivity index (χ4n) is 4.02. The summed E-state index contributed by atoms with van der Waals surface area (Å²) < 4.78 is 0. The van der Waals surface area contributed by atoms with Gasteiger partial charge >= 0.3 is 0 Å². The third-order valence-corrected chi connectivity index (χ3v) is 5.49. The van der Waals surface area contributed by atoms with Crippen molar-refractivity contribution in [1.29, 1.82) is 0 Å². The maximum atomic E-state index is 4.07. The molecule has 0 aromatic rings. The minimum atomic E-state index is 0.454. The van der Waals surface area contributed by atoms with E-state index < -0.39 is 0 Å². The third-order valence-electron chi connectivity index (χ3n) is 5.49. The van der Waals surface area contributed by atoms with Crippen molar-refractivity contribution in [1.82, 2.24) is 0 Å². The molecule has 2 bridgehead atoms. The van der Waals surface area contributed by atoms with E-state index in [4.69, 9.17) is 0 Å². The highest BCUT2D eigenvalue weighted by Gasteiger charge is 2.64. The summed E-state index contributed by atoms with van der Waals surface area (Å²) in [4.78, 5) is 0. The van der Waals surface area contributed by atoms with Crippen LogP contribution in [0.3, 0.4) is 0 Å². The molecule has 0 heterocycles. The Morgan fingerprint density at radius 1 is 1.31 bits per heavy atom. The average molecular weight is 178 g/mol. The van der Waals surface area contributed by atoms with Gasteiger partial charge in [-0.1, -0.05) is 33.8 Å². The summed E-state index contributed by atoms with van der Waals surface area (Å²) in [6.07, 6.45) is 5.09. The quantitative estimate of drug-likeness (QED) is 0.534. The molecule has 3 aliphatic rings. The topological polar surface area (TPSA) is 0 Å². The summed E-state index contributed by atoms with van der Waals surface area (Å²) in [5, 5.41) is 0. The molecule has 0 saturated heterocycles. The van der Waals surface area contributed by atoms with Crippen LogP contribution in [0.15, 0.2) is 12.7 Å². The predicted octanol–water partition coefficient (Wildman–Crippen LogP) is 3.88. The first-order chi connectivity index (χ1) is 5.95. The molecule has 74 valence electrons. The van der Waals surface area contributed by atoms with E-state index in [-0.39, 0.29) is 0 Å². The Bertz CT molecular complexity index is 238. The van der Waals surface area contributed by atoms with Gasteiger partial charge < -0.3 is 0 Å². The van der Waals surface area contributed by atoms with E-state index in [0.717, 1.165) is 17.8 Å². The van der Waals surface area contributed by atoms with Gasteiger partial charge in [-0.05, 0) is 41.4 Å². The smallest absolute Gasteiger partial charge is 0.00362 e. The molecule has 0 N–H and O–H groups in total. The number of hydrogen-bond donors (Lipinski definition) is 0. The lowest BCUT2D eigenvalue weighted by Gasteiger charge is -2.69. The average Bonchev–Trinajstić information content (AvgIpc) is 2.08. The summed E-state index contributed by atoms with van der Waals surface area (Å²) in [7, 11) is 0. The SMILES string of the molecule is C=CC12CC(CC(C)C1C)C2(C)C. The maximum absolute atomic E-state index is 4.07. The molecular weight excluding hydrogens is 156 g/mol. The lowest BCUT2D eigenvalue weighted by molar-refractivity contribution is -0.181. The van der Waals surface area contributed by atoms with Crippen molar-refractivity contribution in [3.63, 3.8) is 0 Å². The number of rotatable bonds is 1. The predicted molar refractivity (Wildman–Crippen MR) is 57.5 cm³/mol. The second-order valence-electron chi connectivity index (χ2n) is 5.87. The van der Waals surface area contributed by atoms with Crippen LogP contribution in [-0.4, -0.2) is 0 Å². The molecule has 0 radical (unpaired) electrons. The molecule has 0 amide bonds. The molecule has 3 saturated carbocycles. The zero-order valence-corrected chi connectivity index (χ0v) is 9.43.